The summed E-state index contributed by atoms with van der Waals surface area (Å²) in [5, 5.41) is 4.09. The van der Waals surface area contributed by atoms with E-state index in [0.29, 0.717) is 5.56 Å². The highest BCUT2D eigenvalue weighted by Gasteiger charge is 2.23. The SMILES string of the molecule is CC(C)(S)c1ccnn(C(C)(C)C)c1=O. The summed E-state index contributed by atoms with van der Waals surface area (Å²) in [4.78, 5) is 12.1. The van der Waals surface area contributed by atoms with Crippen molar-refractivity contribution < 1.29 is 0 Å². The van der Waals surface area contributed by atoms with Gasteiger partial charge >= 0.3 is 0 Å². The van der Waals surface area contributed by atoms with Crippen molar-refractivity contribution in [2.75, 3.05) is 0 Å². The molecule has 0 aliphatic carbocycles. The fourth-order valence-electron chi connectivity index (χ4n) is 1.36. The van der Waals surface area contributed by atoms with Gasteiger partial charge in [0, 0.05) is 16.5 Å². The van der Waals surface area contributed by atoms with E-state index in [0.717, 1.165) is 0 Å². The van der Waals surface area contributed by atoms with Gasteiger partial charge in [-0.15, -0.1) is 0 Å². The normalized spacial score (nSPS) is 12.9. The van der Waals surface area contributed by atoms with E-state index < -0.39 is 4.75 Å². The molecule has 0 amide bonds. The number of nitrogens with zero attached hydrogens (tertiary/aromatic N) is 2. The largest absolute Gasteiger partial charge is 0.271 e. The molecule has 0 saturated carbocycles. The first-order chi connectivity index (χ1) is 6.64. The van der Waals surface area contributed by atoms with Gasteiger partial charge in [-0.1, -0.05) is 0 Å². The van der Waals surface area contributed by atoms with Crippen molar-refractivity contribution in [2.45, 2.75) is 44.9 Å². The van der Waals surface area contributed by atoms with Crippen LogP contribution in [0.5, 0.6) is 0 Å². The molecule has 0 N–H and O–H groups in total. The summed E-state index contributed by atoms with van der Waals surface area (Å²) in [6.45, 7) is 9.67. The van der Waals surface area contributed by atoms with Crippen LogP contribution in [0.15, 0.2) is 17.1 Å². The van der Waals surface area contributed by atoms with Crippen molar-refractivity contribution in [3.63, 3.8) is 0 Å². The summed E-state index contributed by atoms with van der Waals surface area (Å²) >= 11 is 4.42. The van der Waals surface area contributed by atoms with Crippen molar-refractivity contribution >= 4 is 12.6 Å². The molecule has 0 aromatic carbocycles. The second kappa shape index (κ2) is 3.67. The van der Waals surface area contributed by atoms with Gasteiger partial charge in [0.1, 0.15) is 0 Å². The Morgan fingerprint density at radius 1 is 1.27 bits per heavy atom. The number of thiol groups is 1. The molecular formula is C11H18N2OS. The van der Waals surface area contributed by atoms with Gasteiger partial charge in [-0.3, -0.25) is 4.79 Å². The Labute approximate surface area is 95.9 Å². The van der Waals surface area contributed by atoms with Crippen molar-refractivity contribution in [1.82, 2.24) is 9.78 Å². The fourth-order valence-corrected chi connectivity index (χ4v) is 1.53. The van der Waals surface area contributed by atoms with Gasteiger partial charge in [0.25, 0.3) is 5.56 Å². The topological polar surface area (TPSA) is 34.9 Å². The first-order valence-corrected chi connectivity index (χ1v) is 5.40. The van der Waals surface area contributed by atoms with Crippen LogP contribution < -0.4 is 5.56 Å². The first-order valence-electron chi connectivity index (χ1n) is 4.96. The maximum Gasteiger partial charge on any atom is 0.271 e. The highest BCUT2D eigenvalue weighted by Crippen LogP contribution is 2.24. The second-order valence-electron chi connectivity index (χ2n) is 5.19. The lowest BCUT2D eigenvalue weighted by Crippen LogP contribution is -2.39. The summed E-state index contributed by atoms with van der Waals surface area (Å²) in [5.41, 5.74) is 0.312. The molecule has 0 fully saturated rings. The molecule has 0 unspecified atom stereocenters. The van der Waals surface area contributed by atoms with Crippen LogP contribution in [0.25, 0.3) is 0 Å². The minimum atomic E-state index is -0.437. The van der Waals surface area contributed by atoms with E-state index in [2.05, 4.69) is 17.7 Å². The molecule has 4 heteroatoms. The molecule has 1 aromatic rings. The number of hydrogen-bond acceptors (Lipinski definition) is 3. The minimum Gasteiger partial charge on any atom is -0.267 e. The maximum atomic E-state index is 12.1. The zero-order valence-corrected chi connectivity index (χ0v) is 10.8. The Bertz CT molecular complexity index is 375. The quantitative estimate of drug-likeness (QED) is 0.745. The van der Waals surface area contributed by atoms with Crippen LogP contribution in [0.2, 0.25) is 0 Å². The predicted molar refractivity (Wildman–Crippen MR) is 65.5 cm³/mol. The van der Waals surface area contributed by atoms with E-state index in [-0.39, 0.29) is 11.1 Å². The predicted octanol–water partition coefficient (Wildman–Crippen LogP) is 2.16. The van der Waals surface area contributed by atoms with Crippen molar-refractivity contribution in [2.24, 2.45) is 0 Å². The summed E-state index contributed by atoms with van der Waals surface area (Å²) in [5.74, 6) is 0. The average molecular weight is 226 g/mol. The molecule has 1 aromatic heterocycles. The number of rotatable bonds is 1. The summed E-state index contributed by atoms with van der Waals surface area (Å²) in [6, 6.07) is 1.73. The Morgan fingerprint density at radius 2 is 1.80 bits per heavy atom. The van der Waals surface area contributed by atoms with Crippen molar-refractivity contribution in [3.05, 3.63) is 28.2 Å². The molecule has 0 bridgehead atoms. The lowest BCUT2D eigenvalue weighted by atomic mass is 10.0. The van der Waals surface area contributed by atoms with Crippen LogP contribution in [0.4, 0.5) is 0 Å². The molecule has 84 valence electrons. The van der Waals surface area contributed by atoms with Crippen LogP contribution >= 0.6 is 12.6 Å². The monoisotopic (exact) mass is 226 g/mol. The lowest BCUT2D eigenvalue weighted by Gasteiger charge is -2.24. The molecule has 0 spiro atoms. The fraction of sp³-hybridized carbons (Fsp3) is 0.636. The molecule has 3 nitrogen and oxygen atoms in total. The third kappa shape index (κ3) is 2.62. The van der Waals surface area contributed by atoms with Crippen molar-refractivity contribution in [3.8, 4) is 0 Å². The Morgan fingerprint density at radius 3 is 2.20 bits per heavy atom. The molecule has 0 saturated heterocycles. The molecule has 0 aliphatic rings. The standard InChI is InChI=1S/C11H18N2OS/c1-10(2,3)13-9(14)8(6-7-12-13)11(4,5)15/h6-7,15H,1-5H3. The van der Waals surface area contributed by atoms with Gasteiger partial charge < -0.3 is 0 Å². The lowest BCUT2D eigenvalue weighted by molar-refractivity contribution is 0.334. The van der Waals surface area contributed by atoms with E-state index in [1.807, 2.05) is 34.6 Å². The zero-order chi connectivity index (χ0) is 11.9. The van der Waals surface area contributed by atoms with E-state index >= 15 is 0 Å². The van der Waals surface area contributed by atoms with Gasteiger partial charge in [0.05, 0.1) is 5.54 Å². The van der Waals surface area contributed by atoms with Gasteiger partial charge in [0.2, 0.25) is 0 Å². The summed E-state index contributed by atoms with van der Waals surface area (Å²) < 4.78 is 1.06. The molecule has 15 heavy (non-hydrogen) atoms. The highest BCUT2D eigenvalue weighted by molar-refractivity contribution is 7.81. The van der Waals surface area contributed by atoms with Gasteiger partial charge in [-0.25, -0.2) is 4.68 Å². The van der Waals surface area contributed by atoms with E-state index in [1.165, 1.54) is 4.68 Å². The van der Waals surface area contributed by atoms with E-state index in [1.54, 1.807) is 12.3 Å². The van der Waals surface area contributed by atoms with E-state index in [9.17, 15) is 4.79 Å². The Hall–Kier alpha value is -0.770. The average Bonchev–Trinajstić information content (AvgIpc) is 1.99. The minimum absolute atomic E-state index is 0.0648. The highest BCUT2D eigenvalue weighted by atomic mass is 32.1. The molecule has 0 radical (unpaired) electrons. The molecule has 0 aliphatic heterocycles. The molecule has 1 rings (SSSR count). The Balaban J connectivity index is 3.44. The third-order valence-electron chi connectivity index (χ3n) is 2.14. The molecule has 1 heterocycles. The van der Waals surface area contributed by atoms with E-state index in [4.69, 9.17) is 0 Å². The smallest absolute Gasteiger partial charge is 0.267 e. The molecule has 0 atom stereocenters. The van der Waals surface area contributed by atoms with Gasteiger partial charge in [0.15, 0.2) is 0 Å². The Kier molecular flexibility index (Phi) is 3.01. The summed E-state index contributed by atoms with van der Waals surface area (Å²) in [7, 11) is 0. The van der Waals surface area contributed by atoms with Crippen LogP contribution in [-0.4, -0.2) is 9.78 Å². The second-order valence-corrected chi connectivity index (χ2v) is 6.31. The summed E-state index contributed by atoms with van der Waals surface area (Å²) in [6.07, 6.45) is 1.65. The maximum absolute atomic E-state index is 12.1. The van der Waals surface area contributed by atoms with Crippen LogP contribution in [-0.2, 0) is 10.3 Å². The van der Waals surface area contributed by atoms with Gasteiger partial charge in [-0.2, -0.15) is 17.7 Å². The van der Waals surface area contributed by atoms with Crippen LogP contribution in [0.3, 0.4) is 0 Å². The van der Waals surface area contributed by atoms with Crippen LogP contribution in [0.1, 0.15) is 40.2 Å². The number of aromatic nitrogens is 2. The van der Waals surface area contributed by atoms with Gasteiger partial charge in [-0.05, 0) is 40.7 Å². The zero-order valence-electron chi connectivity index (χ0n) is 9.90. The number of hydrogen-bond donors (Lipinski definition) is 1. The molecular weight excluding hydrogens is 208 g/mol. The first kappa shape index (κ1) is 12.3. The van der Waals surface area contributed by atoms with Crippen LogP contribution in [0, 0.1) is 0 Å². The van der Waals surface area contributed by atoms with Crippen molar-refractivity contribution in [1.29, 1.82) is 0 Å². The third-order valence-corrected chi connectivity index (χ3v) is 2.38.